The van der Waals surface area contributed by atoms with E-state index in [1.165, 1.54) is 0 Å². The van der Waals surface area contributed by atoms with Crippen LogP contribution in [0, 0.1) is 11.6 Å². The number of carbonyl (C=O) groups excluding carboxylic acids is 2. The van der Waals surface area contributed by atoms with E-state index in [-0.39, 0.29) is 17.0 Å². The smallest absolute Gasteiger partial charge is 0.282 e. The van der Waals surface area contributed by atoms with E-state index in [1.807, 2.05) is 41.3 Å². The maximum Gasteiger partial charge on any atom is 0.282 e. The van der Waals surface area contributed by atoms with Crippen LogP contribution >= 0.6 is 0 Å². The predicted molar refractivity (Wildman–Crippen MR) is 122 cm³/mol. The number of hydrogen-bond donors (Lipinski definition) is 0. The molecule has 166 valence electrons. The first-order chi connectivity index (χ1) is 16.0. The average molecular weight is 445 g/mol. The lowest BCUT2D eigenvalue weighted by molar-refractivity contribution is -0.120. The summed E-state index contributed by atoms with van der Waals surface area (Å²) >= 11 is 0. The van der Waals surface area contributed by atoms with E-state index in [2.05, 4.69) is 4.90 Å². The SMILES string of the molecule is O=C1C(c2ccccc2)=C(N2CCN(c3ccccc3)CC2)C(=O)N1c1cc(F)ccc1F. The zero-order valence-electron chi connectivity index (χ0n) is 17.7. The van der Waals surface area contributed by atoms with Crippen LogP contribution in [-0.2, 0) is 9.59 Å². The van der Waals surface area contributed by atoms with Crippen molar-refractivity contribution in [2.75, 3.05) is 36.0 Å². The summed E-state index contributed by atoms with van der Waals surface area (Å²) in [6.07, 6.45) is 0. The van der Waals surface area contributed by atoms with Gasteiger partial charge in [-0.05, 0) is 29.8 Å². The molecular weight excluding hydrogens is 424 g/mol. The monoisotopic (exact) mass is 445 g/mol. The van der Waals surface area contributed by atoms with Crippen molar-refractivity contribution in [3.8, 4) is 0 Å². The molecule has 33 heavy (non-hydrogen) atoms. The topological polar surface area (TPSA) is 43.9 Å². The van der Waals surface area contributed by atoms with Gasteiger partial charge in [0.2, 0.25) is 0 Å². The molecule has 0 saturated carbocycles. The number of carbonyl (C=O) groups is 2. The Morgan fingerprint density at radius 1 is 0.667 bits per heavy atom. The van der Waals surface area contributed by atoms with Gasteiger partial charge in [-0.15, -0.1) is 0 Å². The molecule has 7 heteroatoms. The van der Waals surface area contributed by atoms with Crippen molar-refractivity contribution in [1.29, 1.82) is 0 Å². The molecule has 0 N–H and O–H groups in total. The van der Waals surface area contributed by atoms with Crippen LogP contribution in [0.5, 0.6) is 0 Å². The van der Waals surface area contributed by atoms with Crippen molar-refractivity contribution >= 4 is 28.8 Å². The van der Waals surface area contributed by atoms with Crippen LogP contribution in [0.1, 0.15) is 5.56 Å². The number of amides is 2. The Kier molecular flexibility index (Phi) is 5.38. The van der Waals surface area contributed by atoms with Crippen LogP contribution in [-0.4, -0.2) is 42.9 Å². The summed E-state index contributed by atoms with van der Waals surface area (Å²) in [4.78, 5) is 31.8. The summed E-state index contributed by atoms with van der Waals surface area (Å²) in [6.45, 7) is 2.34. The van der Waals surface area contributed by atoms with Crippen molar-refractivity contribution < 1.29 is 18.4 Å². The summed E-state index contributed by atoms with van der Waals surface area (Å²) in [5.41, 5.74) is 1.71. The number of halogens is 2. The number of para-hydroxylation sites is 1. The summed E-state index contributed by atoms with van der Waals surface area (Å²) in [5, 5.41) is 0. The molecule has 0 aromatic heterocycles. The van der Waals surface area contributed by atoms with Gasteiger partial charge in [-0.3, -0.25) is 9.59 Å². The molecular formula is C26H21F2N3O2. The van der Waals surface area contributed by atoms with Crippen LogP contribution in [0.25, 0.3) is 5.57 Å². The van der Waals surface area contributed by atoms with E-state index in [4.69, 9.17) is 0 Å². The van der Waals surface area contributed by atoms with E-state index < -0.39 is 23.4 Å². The first-order valence-corrected chi connectivity index (χ1v) is 10.7. The number of rotatable bonds is 4. The Morgan fingerprint density at radius 2 is 1.27 bits per heavy atom. The third-order valence-electron chi connectivity index (χ3n) is 5.99. The lowest BCUT2D eigenvalue weighted by Gasteiger charge is -2.37. The fraction of sp³-hybridized carbons (Fsp3) is 0.154. The highest BCUT2D eigenvalue weighted by Gasteiger charge is 2.44. The van der Waals surface area contributed by atoms with Crippen LogP contribution in [0.3, 0.4) is 0 Å². The second kappa shape index (κ2) is 8.50. The number of anilines is 2. The van der Waals surface area contributed by atoms with Crippen LogP contribution in [0.2, 0.25) is 0 Å². The molecule has 3 aromatic carbocycles. The Labute approximate surface area is 190 Å². The Morgan fingerprint density at radius 3 is 1.94 bits per heavy atom. The standard InChI is InChI=1S/C26H21F2N3O2/c27-19-11-12-21(28)22(17-19)31-25(32)23(18-7-3-1-4-8-18)24(26(31)33)30-15-13-29(14-16-30)20-9-5-2-6-10-20/h1-12,17H,13-16H2. The van der Waals surface area contributed by atoms with Crippen molar-refractivity contribution in [3.05, 3.63) is 102 Å². The molecule has 3 aromatic rings. The van der Waals surface area contributed by atoms with Crippen LogP contribution in [0.4, 0.5) is 20.2 Å². The van der Waals surface area contributed by atoms with Gasteiger partial charge in [0.1, 0.15) is 17.3 Å². The molecule has 0 unspecified atom stereocenters. The minimum atomic E-state index is -0.833. The first-order valence-electron chi connectivity index (χ1n) is 10.7. The highest BCUT2D eigenvalue weighted by Crippen LogP contribution is 2.36. The quantitative estimate of drug-likeness (QED) is 0.568. The number of piperazine rings is 1. The highest BCUT2D eigenvalue weighted by atomic mass is 19.1. The average Bonchev–Trinajstić information content (AvgIpc) is 3.11. The molecule has 0 atom stereocenters. The number of hydrogen-bond acceptors (Lipinski definition) is 4. The minimum absolute atomic E-state index is 0.206. The number of imide groups is 1. The number of benzene rings is 3. The Balaban J connectivity index is 1.51. The first kappa shape index (κ1) is 20.9. The highest BCUT2D eigenvalue weighted by molar-refractivity contribution is 6.45. The summed E-state index contributed by atoms with van der Waals surface area (Å²) in [7, 11) is 0. The Hall–Kier alpha value is -4.00. The van der Waals surface area contributed by atoms with E-state index >= 15 is 0 Å². The van der Waals surface area contributed by atoms with Gasteiger partial charge in [0.15, 0.2) is 0 Å². The molecule has 1 saturated heterocycles. The van der Waals surface area contributed by atoms with Crippen LogP contribution < -0.4 is 9.80 Å². The molecule has 5 nitrogen and oxygen atoms in total. The molecule has 0 radical (unpaired) electrons. The van der Waals surface area contributed by atoms with E-state index in [1.54, 1.807) is 24.3 Å². The van der Waals surface area contributed by atoms with Gasteiger partial charge in [0.25, 0.3) is 11.8 Å². The predicted octanol–water partition coefficient (Wildman–Crippen LogP) is 4.07. The second-order valence-electron chi connectivity index (χ2n) is 7.94. The molecule has 2 amide bonds. The third kappa shape index (κ3) is 3.75. The molecule has 2 aliphatic rings. The summed E-state index contributed by atoms with van der Waals surface area (Å²) in [6, 6.07) is 21.6. The maximum absolute atomic E-state index is 14.6. The van der Waals surface area contributed by atoms with E-state index in [0.29, 0.717) is 31.7 Å². The molecule has 1 fully saturated rings. The van der Waals surface area contributed by atoms with Gasteiger partial charge < -0.3 is 9.80 Å². The molecule has 0 aliphatic carbocycles. The van der Waals surface area contributed by atoms with Crippen molar-refractivity contribution in [2.24, 2.45) is 0 Å². The third-order valence-corrected chi connectivity index (χ3v) is 5.99. The van der Waals surface area contributed by atoms with E-state index in [0.717, 1.165) is 28.8 Å². The Bertz CT molecular complexity index is 1240. The lowest BCUT2D eigenvalue weighted by atomic mass is 10.0. The summed E-state index contributed by atoms with van der Waals surface area (Å²) in [5.74, 6) is -2.86. The summed E-state index contributed by atoms with van der Waals surface area (Å²) < 4.78 is 28.4. The molecule has 2 aliphatic heterocycles. The van der Waals surface area contributed by atoms with Gasteiger partial charge >= 0.3 is 0 Å². The fourth-order valence-corrected chi connectivity index (χ4v) is 4.38. The molecule has 2 heterocycles. The molecule has 0 bridgehead atoms. The van der Waals surface area contributed by atoms with Crippen molar-refractivity contribution in [1.82, 2.24) is 4.90 Å². The van der Waals surface area contributed by atoms with Crippen molar-refractivity contribution in [2.45, 2.75) is 0 Å². The van der Waals surface area contributed by atoms with Gasteiger partial charge in [-0.1, -0.05) is 48.5 Å². The zero-order chi connectivity index (χ0) is 22.9. The minimum Gasteiger partial charge on any atom is -0.368 e. The van der Waals surface area contributed by atoms with Crippen LogP contribution in [0.15, 0.2) is 84.6 Å². The van der Waals surface area contributed by atoms with Gasteiger partial charge in [0, 0.05) is 37.9 Å². The van der Waals surface area contributed by atoms with Gasteiger partial charge in [-0.2, -0.15) is 0 Å². The zero-order valence-corrected chi connectivity index (χ0v) is 17.7. The molecule has 0 spiro atoms. The van der Waals surface area contributed by atoms with Gasteiger partial charge in [-0.25, -0.2) is 13.7 Å². The van der Waals surface area contributed by atoms with E-state index in [9.17, 15) is 18.4 Å². The second-order valence-corrected chi connectivity index (χ2v) is 7.94. The number of nitrogens with zero attached hydrogens (tertiary/aromatic N) is 3. The van der Waals surface area contributed by atoms with Gasteiger partial charge in [0.05, 0.1) is 11.3 Å². The lowest BCUT2D eigenvalue weighted by Crippen LogP contribution is -2.47. The molecule has 5 rings (SSSR count). The maximum atomic E-state index is 14.6. The fourth-order valence-electron chi connectivity index (χ4n) is 4.38. The van der Waals surface area contributed by atoms with Crippen molar-refractivity contribution in [3.63, 3.8) is 0 Å². The normalized spacial score (nSPS) is 16.7. The largest absolute Gasteiger partial charge is 0.368 e.